The molecule has 0 aliphatic carbocycles. The van der Waals surface area contributed by atoms with Gasteiger partial charge in [0.25, 0.3) is 0 Å². The molecule has 6 nitrogen and oxygen atoms in total. The van der Waals surface area contributed by atoms with Crippen molar-refractivity contribution >= 4 is 29.4 Å². The maximum atomic E-state index is 11.1. The van der Waals surface area contributed by atoms with Crippen LogP contribution in [-0.4, -0.2) is 34.3 Å². The fourth-order valence-electron chi connectivity index (χ4n) is 0.831. The molecule has 0 rings (SSSR count). The summed E-state index contributed by atoms with van der Waals surface area (Å²) >= 11 is 5.44. The summed E-state index contributed by atoms with van der Waals surface area (Å²) in [7, 11) is 0. The molecule has 2 atom stereocenters. The standard InChI is InChI=1S/C8H13ClN2O4/c1-4(9)7(13)11-5(8(14)15)2-3-6(10)12/h4-5H,2-3H2,1H3,(H2,10,12)(H,11,13)(H,14,15)/t4-,5+/m0/s1. The van der Waals surface area contributed by atoms with Crippen LogP contribution >= 0.6 is 11.6 Å². The van der Waals surface area contributed by atoms with E-state index in [4.69, 9.17) is 22.4 Å². The van der Waals surface area contributed by atoms with Crippen LogP contribution in [0.4, 0.5) is 0 Å². The first kappa shape index (κ1) is 13.7. The van der Waals surface area contributed by atoms with Gasteiger partial charge in [-0.2, -0.15) is 0 Å². The quantitative estimate of drug-likeness (QED) is 0.538. The van der Waals surface area contributed by atoms with E-state index in [2.05, 4.69) is 5.32 Å². The highest BCUT2D eigenvalue weighted by Crippen LogP contribution is 2.00. The lowest BCUT2D eigenvalue weighted by Crippen LogP contribution is -2.44. The second-order valence-corrected chi connectivity index (χ2v) is 3.68. The van der Waals surface area contributed by atoms with Gasteiger partial charge in [0.05, 0.1) is 0 Å². The molecule has 86 valence electrons. The summed E-state index contributed by atoms with van der Waals surface area (Å²) in [6.07, 6.45) is -0.145. The first-order valence-corrected chi connectivity index (χ1v) is 4.73. The van der Waals surface area contributed by atoms with Crippen LogP contribution in [0.1, 0.15) is 19.8 Å². The summed E-state index contributed by atoms with van der Waals surface area (Å²) < 4.78 is 0. The van der Waals surface area contributed by atoms with Crippen molar-refractivity contribution in [1.82, 2.24) is 5.32 Å². The van der Waals surface area contributed by atoms with Crippen LogP contribution < -0.4 is 11.1 Å². The number of alkyl halides is 1. The monoisotopic (exact) mass is 236 g/mol. The molecule has 15 heavy (non-hydrogen) atoms. The van der Waals surface area contributed by atoms with Crippen LogP contribution in [0.5, 0.6) is 0 Å². The summed E-state index contributed by atoms with van der Waals surface area (Å²) in [4.78, 5) is 32.2. The van der Waals surface area contributed by atoms with E-state index < -0.39 is 29.2 Å². The van der Waals surface area contributed by atoms with Gasteiger partial charge >= 0.3 is 5.97 Å². The summed E-state index contributed by atoms with van der Waals surface area (Å²) in [5.74, 6) is -2.43. The summed E-state index contributed by atoms with van der Waals surface area (Å²) in [5.41, 5.74) is 4.86. The van der Waals surface area contributed by atoms with Gasteiger partial charge in [-0.05, 0) is 13.3 Å². The van der Waals surface area contributed by atoms with Crippen molar-refractivity contribution in [3.63, 3.8) is 0 Å². The molecule has 0 aromatic rings. The van der Waals surface area contributed by atoms with E-state index in [0.717, 1.165) is 0 Å². The van der Waals surface area contributed by atoms with Gasteiger partial charge in [-0.25, -0.2) is 4.79 Å². The minimum absolute atomic E-state index is 0.0417. The number of carboxylic acids is 1. The first-order chi connectivity index (χ1) is 6.84. The predicted molar refractivity (Wildman–Crippen MR) is 53.3 cm³/mol. The Labute approximate surface area is 91.8 Å². The molecule has 0 bridgehead atoms. The Hall–Kier alpha value is -1.30. The molecule has 0 fully saturated rings. The van der Waals surface area contributed by atoms with Crippen LogP contribution in [0.3, 0.4) is 0 Å². The third-order valence-corrected chi connectivity index (χ3v) is 1.85. The normalized spacial score (nSPS) is 14.0. The molecule has 0 saturated carbocycles. The smallest absolute Gasteiger partial charge is 0.326 e. The van der Waals surface area contributed by atoms with Gasteiger partial charge in [0.2, 0.25) is 11.8 Å². The number of hydrogen-bond donors (Lipinski definition) is 3. The number of rotatable bonds is 6. The predicted octanol–water partition coefficient (Wildman–Crippen LogP) is -0.551. The molecule has 7 heteroatoms. The van der Waals surface area contributed by atoms with Crippen LogP contribution in [0.25, 0.3) is 0 Å². The number of nitrogens with two attached hydrogens (primary N) is 1. The lowest BCUT2D eigenvalue weighted by Gasteiger charge is -2.14. The van der Waals surface area contributed by atoms with E-state index in [9.17, 15) is 14.4 Å². The zero-order valence-corrected chi connectivity index (χ0v) is 8.95. The molecule has 0 radical (unpaired) electrons. The fraction of sp³-hybridized carbons (Fsp3) is 0.625. The number of aliphatic carboxylic acids is 1. The number of carbonyl (C=O) groups is 3. The lowest BCUT2D eigenvalue weighted by atomic mass is 10.1. The van der Waals surface area contributed by atoms with E-state index in [1.165, 1.54) is 6.92 Å². The van der Waals surface area contributed by atoms with Crippen molar-refractivity contribution in [1.29, 1.82) is 0 Å². The van der Waals surface area contributed by atoms with Crippen LogP contribution in [0.15, 0.2) is 0 Å². The number of halogens is 1. The molecule has 0 saturated heterocycles. The summed E-state index contributed by atoms with van der Waals surface area (Å²) in [6, 6.07) is -1.13. The van der Waals surface area contributed by atoms with Crippen molar-refractivity contribution in [2.45, 2.75) is 31.2 Å². The van der Waals surface area contributed by atoms with Gasteiger partial charge < -0.3 is 16.2 Å². The largest absolute Gasteiger partial charge is 0.480 e. The number of primary amides is 1. The fourth-order valence-corrected chi connectivity index (χ4v) is 0.894. The zero-order valence-electron chi connectivity index (χ0n) is 8.20. The minimum atomic E-state index is -1.22. The average molecular weight is 237 g/mol. The zero-order chi connectivity index (χ0) is 12.0. The molecule has 4 N–H and O–H groups in total. The van der Waals surface area contributed by atoms with Crippen LogP contribution in [-0.2, 0) is 14.4 Å². The lowest BCUT2D eigenvalue weighted by molar-refractivity contribution is -0.142. The summed E-state index contributed by atoms with van der Waals surface area (Å²) in [6.45, 7) is 1.42. The Kier molecular flexibility index (Phi) is 5.69. The number of hydrogen-bond acceptors (Lipinski definition) is 3. The van der Waals surface area contributed by atoms with Gasteiger partial charge in [-0.3, -0.25) is 9.59 Å². The minimum Gasteiger partial charge on any atom is -0.480 e. The van der Waals surface area contributed by atoms with E-state index in [-0.39, 0.29) is 12.8 Å². The van der Waals surface area contributed by atoms with Gasteiger partial charge in [-0.15, -0.1) is 11.6 Å². The second kappa shape index (κ2) is 6.23. The Morgan fingerprint density at radius 3 is 2.33 bits per heavy atom. The number of carboxylic acid groups (broad SMARTS) is 1. The van der Waals surface area contributed by atoms with Crippen molar-refractivity contribution in [2.24, 2.45) is 5.73 Å². The van der Waals surface area contributed by atoms with E-state index in [1.807, 2.05) is 0 Å². The first-order valence-electron chi connectivity index (χ1n) is 4.30. The summed E-state index contributed by atoms with van der Waals surface area (Å²) in [5, 5.41) is 10.1. The maximum absolute atomic E-state index is 11.1. The second-order valence-electron chi connectivity index (χ2n) is 3.02. The molecule has 0 spiro atoms. The van der Waals surface area contributed by atoms with Gasteiger partial charge in [0, 0.05) is 6.42 Å². The topological polar surface area (TPSA) is 109 Å². The van der Waals surface area contributed by atoms with Crippen molar-refractivity contribution in [3.05, 3.63) is 0 Å². The van der Waals surface area contributed by atoms with Crippen molar-refractivity contribution < 1.29 is 19.5 Å². The maximum Gasteiger partial charge on any atom is 0.326 e. The molecule has 0 aromatic carbocycles. The molecule has 0 aromatic heterocycles. The van der Waals surface area contributed by atoms with Crippen molar-refractivity contribution in [3.8, 4) is 0 Å². The SMILES string of the molecule is C[C@H](Cl)C(=O)N[C@H](CCC(N)=O)C(=O)O. The Morgan fingerprint density at radius 2 is 2.00 bits per heavy atom. The van der Waals surface area contributed by atoms with Gasteiger partial charge in [0.1, 0.15) is 11.4 Å². The van der Waals surface area contributed by atoms with E-state index in [1.54, 1.807) is 0 Å². The molecule has 2 amide bonds. The highest BCUT2D eigenvalue weighted by atomic mass is 35.5. The Morgan fingerprint density at radius 1 is 1.47 bits per heavy atom. The molecule has 0 aliphatic heterocycles. The Balaban J connectivity index is 4.22. The van der Waals surface area contributed by atoms with E-state index in [0.29, 0.717) is 0 Å². The van der Waals surface area contributed by atoms with Crippen molar-refractivity contribution in [2.75, 3.05) is 0 Å². The molecule has 0 heterocycles. The third kappa shape index (κ3) is 5.90. The van der Waals surface area contributed by atoms with Crippen LogP contribution in [0, 0.1) is 0 Å². The van der Waals surface area contributed by atoms with Gasteiger partial charge in [-0.1, -0.05) is 0 Å². The average Bonchev–Trinajstić information content (AvgIpc) is 2.10. The van der Waals surface area contributed by atoms with Crippen LogP contribution in [0.2, 0.25) is 0 Å². The molecule has 0 unspecified atom stereocenters. The number of nitrogens with one attached hydrogen (secondary N) is 1. The third-order valence-electron chi connectivity index (χ3n) is 1.66. The Bertz CT molecular complexity index is 267. The molecular formula is C8H13ClN2O4. The van der Waals surface area contributed by atoms with Gasteiger partial charge in [0.15, 0.2) is 0 Å². The highest BCUT2D eigenvalue weighted by Gasteiger charge is 2.22. The molecule has 0 aliphatic rings. The number of carbonyl (C=O) groups excluding carboxylic acids is 2. The highest BCUT2D eigenvalue weighted by molar-refractivity contribution is 6.30. The van der Waals surface area contributed by atoms with E-state index >= 15 is 0 Å². The number of amides is 2. The molecular weight excluding hydrogens is 224 g/mol.